The van der Waals surface area contributed by atoms with Crippen molar-refractivity contribution in [2.75, 3.05) is 0 Å². The van der Waals surface area contributed by atoms with Crippen molar-refractivity contribution in [1.29, 1.82) is 0 Å². The molecule has 1 unspecified atom stereocenters. The standard InChI is InChI=1S/C8H11/c1-6-4-5-7(2)8(6)3/h4,7H,1-3H3. The van der Waals surface area contributed by atoms with Gasteiger partial charge in [-0.1, -0.05) is 24.1 Å². The van der Waals surface area contributed by atoms with Crippen molar-refractivity contribution in [3.63, 3.8) is 0 Å². The molecule has 0 fully saturated rings. The van der Waals surface area contributed by atoms with Gasteiger partial charge in [0.25, 0.3) is 0 Å². The van der Waals surface area contributed by atoms with Crippen molar-refractivity contribution in [3.8, 4) is 0 Å². The molecule has 0 saturated carbocycles. The fourth-order valence-electron chi connectivity index (χ4n) is 0.830. The zero-order chi connectivity index (χ0) is 6.15. The lowest BCUT2D eigenvalue weighted by Gasteiger charge is -1.99. The zero-order valence-corrected chi connectivity index (χ0v) is 5.65. The Morgan fingerprint density at radius 2 is 2.12 bits per heavy atom. The maximum absolute atomic E-state index is 3.22. The fraction of sp³-hybridized carbons (Fsp3) is 0.500. The minimum absolute atomic E-state index is 0.565. The van der Waals surface area contributed by atoms with E-state index in [1.807, 2.05) is 0 Å². The second-order valence-corrected chi connectivity index (χ2v) is 2.40. The third-order valence-electron chi connectivity index (χ3n) is 1.82. The summed E-state index contributed by atoms with van der Waals surface area (Å²) in [6.45, 7) is 6.46. The number of rotatable bonds is 0. The Morgan fingerprint density at radius 3 is 2.25 bits per heavy atom. The van der Waals surface area contributed by atoms with Crippen molar-refractivity contribution >= 4 is 0 Å². The Morgan fingerprint density at radius 1 is 1.50 bits per heavy atom. The lowest BCUT2D eigenvalue weighted by molar-refractivity contribution is 0.853. The quantitative estimate of drug-likeness (QED) is 0.445. The smallest absolute Gasteiger partial charge is 0.00258 e. The van der Waals surface area contributed by atoms with E-state index in [0.717, 1.165) is 0 Å². The molecule has 1 aliphatic rings. The number of hydrogen-bond acceptors (Lipinski definition) is 0. The van der Waals surface area contributed by atoms with Gasteiger partial charge in [-0.2, -0.15) is 0 Å². The minimum atomic E-state index is 0.565. The van der Waals surface area contributed by atoms with E-state index < -0.39 is 0 Å². The van der Waals surface area contributed by atoms with Gasteiger partial charge in [-0.25, -0.2) is 0 Å². The lowest BCUT2D eigenvalue weighted by atomic mass is 10.1. The average Bonchev–Trinajstić information content (AvgIpc) is 1.98. The number of hydrogen-bond donors (Lipinski definition) is 0. The second-order valence-electron chi connectivity index (χ2n) is 2.40. The highest BCUT2D eigenvalue weighted by Gasteiger charge is 2.07. The average molecular weight is 107 g/mol. The Hall–Kier alpha value is -0.520. The minimum Gasteiger partial charge on any atom is -0.0632 e. The van der Waals surface area contributed by atoms with E-state index in [1.165, 1.54) is 11.1 Å². The topological polar surface area (TPSA) is 0 Å². The third-order valence-corrected chi connectivity index (χ3v) is 1.82. The maximum Gasteiger partial charge on any atom is 0.00258 e. The first-order valence-corrected chi connectivity index (χ1v) is 2.98. The second kappa shape index (κ2) is 1.77. The number of allylic oxidation sites excluding steroid dienone is 4. The van der Waals surface area contributed by atoms with Crippen LogP contribution in [0.25, 0.3) is 0 Å². The molecule has 0 heterocycles. The van der Waals surface area contributed by atoms with Crippen molar-refractivity contribution in [2.24, 2.45) is 5.92 Å². The SMILES string of the molecule is CC1=C(C)C(C)[C]=C1. The van der Waals surface area contributed by atoms with E-state index in [4.69, 9.17) is 0 Å². The summed E-state index contributed by atoms with van der Waals surface area (Å²) in [4.78, 5) is 0. The summed E-state index contributed by atoms with van der Waals surface area (Å²) >= 11 is 0. The molecule has 0 heteroatoms. The van der Waals surface area contributed by atoms with Crippen LogP contribution < -0.4 is 0 Å². The molecule has 0 amide bonds. The van der Waals surface area contributed by atoms with Gasteiger partial charge in [0.2, 0.25) is 0 Å². The first-order chi connectivity index (χ1) is 3.72. The Balaban J connectivity index is 2.85. The van der Waals surface area contributed by atoms with Crippen LogP contribution >= 0.6 is 0 Å². The molecule has 0 aromatic heterocycles. The van der Waals surface area contributed by atoms with Gasteiger partial charge in [0.1, 0.15) is 0 Å². The summed E-state index contributed by atoms with van der Waals surface area (Å²) in [5.74, 6) is 0.565. The van der Waals surface area contributed by atoms with E-state index in [1.54, 1.807) is 0 Å². The van der Waals surface area contributed by atoms with Gasteiger partial charge < -0.3 is 0 Å². The van der Waals surface area contributed by atoms with Crippen molar-refractivity contribution < 1.29 is 0 Å². The van der Waals surface area contributed by atoms with Crippen molar-refractivity contribution in [1.82, 2.24) is 0 Å². The molecule has 0 aromatic rings. The molecule has 0 spiro atoms. The maximum atomic E-state index is 3.22. The van der Waals surface area contributed by atoms with Crippen LogP contribution in [0.2, 0.25) is 0 Å². The Kier molecular flexibility index (Phi) is 1.24. The van der Waals surface area contributed by atoms with Crippen LogP contribution in [0.5, 0.6) is 0 Å². The van der Waals surface area contributed by atoms with Gasteiger partial charge in [0.15, 0.2) is 0 Å². The molecule has 1 aliphatic carbocycles. The van der Waals surface area contributed by atoms with Crippen LogP contribution in [0.15, 0.2) is 17.2 Å². The third kappa shape index (κ3) is 0.706. The van der Waals surface area contributed by atoms with Crippen LogP contribution in [0.1, 0.15) is 20.8 Å². The molecule has 0 saturated heterocycles. The lowest BCUT2D eigenvalue weighted by Crippen LogP contribution is -1.86. The van der Waals surface area contributed by atoms with Crippen LogP contribution in [0.4, 0.5) is 0 Å². The van der Waals surface area contributed by atoms with E-state index in [-0.39, 0.29) is 0 Å². The van der Waals surface area contributed by atoms with Gasteiger partial charge in [-0.15, -0.1) is 0 Å². The van der Waals surface area contributed by atoms with Crippen molar-refractivity contribution in [3.05, 3.63) is 23.3 Å². The predicted octanol–water partition coefficient (Wildman–Crippen LogP) is 2.33. The molecule has 0 aromatic carbocycles. The van der Waals surface area contributed by atoms with Crippen LogP contribution in [0, 0.1) is 12.0 Å². The summed E-state index contributed by atoms with van der Waals surface area (Å²) in [6, 6.07) is 0. The van der Waals surface area contributed by atoms with Crippen LogP contribution in [0.3, 0.4) is 0 Å². The fourth-order valence-corrected chi connectivity index (χ4v) is 0.830. The first-order valence-electron chi connectivity index (χ1n) is 2.98. The Bertz CT molecular complexity index is 149. The van der Waals surface area contributed by atoms with E-state index in [9.17, 15) is 0 Å². The van der Waals surface area contributed by atoms with E-state index >= 15 is 0 Å². The molecule has 0 bridgehead atoms. The molecular weight excluding hydrogens is 96.1 g/mol. The predicted molar refractivity (Wildman–Crippen MR) is 35.4 cm³/mol. The highest BCUT2D eigenvalue weighted by molar-refractivity contribution is 5.30. The van der Waals surface area contributed by atoms with E-state index in [0.29, 0.717) is 5.92 Å². The summed E-state index contributed by atoms with van der Waals surface area (Å²) in [5.41, 5.74) is 2.85. The van der Waals surface area contributed by atoms with Crippen molar-refractivity contribution in [2.45, 2.75) is 20.8 Å². The molecule has 0 aliphatic heterocycles. The summed E-state index contributed by atoms with van der Waals surface area (Å²) in [5, 5.41) is 0. The first kappa shape index (κ1) is 5.61. The van der Waals surface area contributed by atoms with Gasteiger partial charge in [-0.3, -0.25) is 0 Å². The van der Waals surface area contributed by atoms with Gasteiger partial charge >= 0.3 is 0 Å². The molecule has 1 rings (SSSR count). The van der Waals surface area contributed by atoms with Gasteiger partial charge in [-0.05, 0) is 19.9 Å². The molecule has 1 atom stereocenters. The highest BCUT2D eigenvalue weighted by Crippen LogP contribution is 2.22. The summed E-state index contributed by atoms with van der Waals surface area (Å²) in [7, 11) is 0. The van der Waals surface area contributed by atoms with Crippen LogP contribution in [-0.4, -0.2) is 0 Å². The molecule has 43 valence electrons. The molecule has 1 radical (unpaired) electrons. The van der Waals surface area contributed by atoms with Gasteiger partial charge in [0, 0.05) is 5.92 Å². The molecule has 0 N–H and O–H groups in total. The highest BCUT2D eigenvalue weighted by atomic mass is 14.1. The monoisotopic (exact) mass is 107 g/mol. The normalized spacial score (nSPS) is 27.6. The molecule has 0 nitrogen and oxygen atoms in total. The molecule has 8 heavy (non-hydrogen) atoms. The summed E-state index contributed by atoms with van der Waals surface area (Å²) < 4.78 is 0. The largest absolute Gasteiger partial charge is 0.0632 e. The van der Waals surface area contributed by atoms with Gasteiger partial charge in [0.05, 0.1) is 0 Å². The van der Waals surface area contributed by atoms with E-state index in [2.05, 4.69) is 32.9 Å². The summed E-state index contributed by atoms with van der Waals surface area (Å²) in [6.07, 6.45) is 5.29. The molecular formula is C8H11. The van der Waals surface area contributed by atoms with Crippen LogP contribution in [-0.2, 0) is 0 Å². The Labute approximate surface area is 50.9 Å². The zero-order valence-electron chi connectivity index (χ0n) is 5.65.